The van der Waals surface area contributed by atoms with Gasteiger partial charge in [0.25, 0.3) is 0 Å². The summed E-state index contributed by atoms with van der Waals surface area (Å²) in [7, 11) is 6.46. The van der Waals surface area contributed by atoms with Crippen LogP contribution in [0.5, 0.6) is 0 Å². The normalized spacial score (nSPS) is 20.4. The number of morpholine rings is 1. The molecule has 0 radical (unpaired) electrons. The van der Waals surface area contributed by atoms with Gasteiger partial charge in [0.05, 0.1) is 13.2 Å². The van der Waals surface area contributed by atoms with Crippen LogP contribution in [0.1, 0.15) is 60.5 Å². The van der Waals surface area contributed by atoms with Crippen molar-refractivity contribution in [1.29, 1.82) is 0 Å². The minimum absolute atomic E-state index is 0.00583. The van der Waals surface area contributed by atoms with E-state index in [9.17, 15) is 4.39 Å². The molecular weight excluding hydrogens is 551 g/mol. The van der Waals surface area contributed by atoms with Crippen LogP contribution in [-0.4, -0.2) is 57.3 Å². The van der Waals surface area contributed by atoms with E-state index in [0.29, 0.717) is 25.0 Å². The molecule has 1 saturated carbocycles. The van der Waals surface area contributed by atoms with Gasteiger partial charge in [-0.15, -0.1) is 0 Å². The van der Waals surface area contributed by atoms with Crippen LogP contribution >= 0.6 is 0 Å². The van der Waals surface area contributed by atoms with Crippen molar-refractivity contribution >= 4 is 11.6 Å². The number of aromatic nitrogens is 1. The molecule has 6 rings (SSSR count). The highest BCUT2D eigenvalue weighted by Crippen LogP contribution is 2.46. The Labute approximate surface area is 261 Å². The van der Waals surface area contributed by atoms with E-state index < -0.39 is 0 Å². The molecule has 2 atom stereocenters. The molecule has 1 aliphatic carbocycles. The predicted molar refractivity (Wildman–Crippen MR) is 175 cm³/mol. The molecule has 2 heterocycles. The van der Waals surface area contributed by atoms with E-state index in [-0.39, 0.29) is 17.9 Å². The minimum atomic E-state index is -0.184. The number of hydrogen-bond donors (Lipinski definition) is 0. The van der Waals surface area contributed by atoms with Gasteiger partial charge in [0.1, 0.15) is 17.6 Å². The van der Waals surface area contributed by atoms with Crippen LogP contribution in [0.4, 0.5) is 16.0 Å². The molecule has 1 aliphatic heterocycles. The number of anilines is 2. The average molecular weight is 597 g/mol. The summed E-state index contributed by atoms with van der Waals surface area (Å²) in [6, 6.07) is 28.5. The van der Waals surface area contributed by atoms with Gasteiger partial charge in [-0.05, 0) is 87.0 Å². The van der Waals surface area contributed by atoms with Crippen LogP contribution in [-0.2, 0) is 11.2 Å². The molecule has 1 aromatic heterocycles. The van der Waals surface area contributed by atoms with E-state index in [4.69, 9.17) is 14.1 Å². The van der Waals surface area contributed by atoms with Gasteiger partial charge in [0.15, 0.2) is 0 Å². The van der Waals surface area contributed by atoms with Crippen molar-refractivity contribution in [2.45, 2.75) is 44.2 Å². The Morgan fingerprint density at radius 2 is 1.39 bits per heavy atom. The highest BCUT2D eigenvalue weighted by molar-refractivity contribution is 5.49. The Balaban J connectivity index is 1.31. The highest BCUT2D eigenvalue weighted by atomic mass is 19.1. The fourth-order valence-corrected chi connectivity index (χ4v) is 7.34. The summed E-state index contributed by atoms with van der Waals surface area (Å²) < 4.78 is 26.3. The molecule has 0 amide bonds. The number of benzene rings is 3. The summed E-state index contributed by atoms with van der Waals surface area (Å²) in [6.07, 6.45) is 5.06. The van der Waals surface area contributed by atoms with Gasteiger partial charge >= 0.3 is 0 Å². The van der Waals surface area contributed by atoms with E-state index in [0.717, 1.165) is 68.3 Å². The van der Waals surface area contributed by atoms with Crippen LogP contribution in [0.2, 0.25) is 0 Å². The van der Waals surface area contributed by atoms with Crippen LogP contribution in [0.25, 0.3) is 0 Å². The van der Waals surface area contributed by atoms with Crippen molar-refractivity contribution in [1.82, 2.24) is 9.88 Å². The summed E-state index contributed by atoms with van der Waals surface area (Å²) in [6.45, 7) is 2.99. The number of oxazole rings is 1. The first-order valence-corrected chi connectivity index (χ1v) is 16.0. The lowest BCUT2D eigenvalue weighted by Gasteiger charge is -2.41. The zero-order valence-electron chi connectivity index (χ0n) is 26.2. The van der Waals surface area contributed by atoms with E-state index in [1.807, 2.05) is 12.1 Å². The smallest absolute Gasteiger partial charge is 0.220 e. The molecule has 0 spiro atoms. The van der Waals surface area contributed by atoms with Crippen LogP contribution < -0.4 is 9.80 Å². The number of nitrogens with zero attached hydrogens (tertiary/aromatic N) is 4. The maximum atomic E-state index is 13.7. The summed E-state index contributed by atoms with van der Waals surface area (Å²) in [5, 5.41) is 0. The second kappa shape index (κ2) is 14.0. The fourth-order valence-electron chi connectivity index (χ4n) is 7.34. The Morgan fingerprint density at radius 1 is 0.795 bits per heavy atom. The molecule has 0 N–H and O–H groups in total. The number of ether oxygens (including phenoxy) is 1. The van der Waals surface area contributed by atoms with Gasteiger partial charge in [0.2, 0.25) is 11.8 Å². The molecule has 2 unspecified atom stereocenters. The van der Waals surface area contributed by atoms with E-state index in [1.54, 1.807) is 12.1 Å². The molecule has 1 saturated heterocycles. The Morgan fingerprint density at radius 3 is 2.00 bits per heavy atom. The zero-order valence-corrected chi connectivity index (χ0v) is 26.2. The fraction of sp³-hybridized carbons (Fsp3) is 0.432. The predicted octanol–water partition coefficient (Wildman–Crippen LogP) is 7.53. The third-order valence-electron chi connectivity index (χ3n) is 9.52. The molecule has 44 heavy (non-hydrogen) atoms. The first-order chi connectivity index (χ1) is 21.5. The van der Waals surface area contributed by atoms with Crippen LogP contribution in [0, 0.1) is 17.7 Å². The van der Waals surface area contributed by atoms with Gasteiger partial charge in [-0.25, -0.2) is 9.37 Å². The van der Waals surface area contributed by atoms with Crippen molar-refractivity contribution < 1.29 is 13.5 Å². The second-order valence-electron chi connectivity index (χ2n) is 12.6. The summed E-state index contributed by atoms with van der Waals surface area (Å²) in [5.74, 6) is 2.38. The van der Waals surface area contributed by atoms with E-state index in [2.05, 4.69) is 96.5 Å². The standard InChI is InChI=1S/C37H45FN4O2/c1-40(2)34(29-18-20-31(38)21-19-29)28-14-16-30(17-15-28)35(41(3)32-12-8-5-9-13-32)36-39-33(26-27-10-6-4-7-11-27)37(44-36)42-22-24-43-25-23-42/h4-13,18-21,28,30,34-35H,14-17,22-26H2,1-3H3. The van der Waals surface area contributed by atoms with Gasteiger partial charge in [-0.3, -0.25) is 0 Å². The summed E-state index contributed by atoms with van der Waals surface area (Å²) >= 11 is 0. The van der Waals surface area contributed by atoms with Gasteiger partial charge in [0, 0.05) is 38.3 Å². The summed E-state index contributed by atoms with van der Waals surface area (Å²) in [4.78, 5) is 12.3. The second-order valence-corrected chi connectivity index (χ2v) is 12.6. The zero-order chi connectivity index (χ0) is 30.5. The monoisotopic (exact) mass is 596 g/mol. The number of halogens is 1. The average Bonchev–Trinajstić information content (AvgIpc) is 3.47. The van der Waals surface area contributed by atoms with Crippen LogP contribution in [0.3, 0.4) is 0 Å². The van der Waals surface area contributed by atoms with Gasteiger partial charge in [-0.2, -0.15) is 0 Å². The van der Waals surface area contributed by atoms with Crippen LogP contribution in [0.15, 0.2) is 89.3 Å². The van der Waals surface area contributed by atoms with Crippen molar-refractivity contribution in [2.75, 3.05) is 57.2 Å². The Bertz CT molecular complexity index is 1450. The topological polar surface area (TPSA) is 45.0 Å². The molecule has 7 heteroatoms. The summed E-state index contributed by atoms with van der Waals surface area (Å²) in [5.41, 5.74) is 4.57. The third-order valence-corrected chi connectivity index (χ3v) is 9.52. The lowest BCUT2D eigenvalue weighted by molar-refractivity contribution is 0.120. The maximum absolute atomic E-state index is 13.7. The molecule has 4 aromatic rings. The van der Waals surface area contributed by atoms with E-state index in [1.165, 1.54) is 11.1 Å². The van der Waals surface area contributed by atoms with Crippen molar-refractivity contribution in [2.24, 2.45) is 11.8 Å². The lowest BCUT2D eigenvalue weighted by atomic mass is 9.73. The quantitative estimate of drug-likeness (QED) is 0.189. The maximum Gasteiger partial charge on any atom is 0.220 e. The Kier molecular flexibility index (Phi) is 9.63. The lowest BCUT2D eigenvalue weighted by Crippen LogP contribution is -2.36. The molecular formula is C37H45FN4O2. The van der Waals surface area contributed by atoms with E-state index >= 15 is 0 Å². The van der Waals surface area contributed by atoms with Crippen molar-refractivity contribution in [3.8, 4) is 0 Å². The molecule has 2 fully saturated rings. The van der Waals surface area contributed by atoms with Gasteiger partial charge < -0.3 is 23.9 Å². The Hall–Kier alpha value is -3.68. The molecule has 6 nitrogen and oxygen atoms in total. The largest absolute Gasteiger partial charge is 0.423 e. The third kappa shape index (κ3) is 6.84. The highest BCUT2D eigenvalue weighted by Gasteiger charge is 2.38. The number of hydrogen-bond acceptors (Lipinski definition) is 6. The number of rotatable bonds is 10. The van der Waals surface area contributed by atoms with Crippen molar-refractivity contribution in [3.63, 3.8) is 0 Å². The molecule has 232 valence electrons. The molecule has 0 bridgehead atoms. The first kappa shape index (κ1) is 30.4. The number of para-hydroxylation sites is 1. The molecule has 3 aromatic carbocycles. The first-order valence-electron chi connectivity index (χ1n) is 16.0. The SMILES string of the molecule is CN(C)C(c1ccc(F)cc1)C1CCC(C(c2nc(Cc3ccccc3)c(N3CCOCC3)o2)N(C)c2ccccc2)CC1. The van der Waals surface area contributed by atoms with Gasteiger partial charge in [-0.1, -0.05) is 60.7 Å². The molecule has 2 aliphatic rings. The van der Waals surface area contributed by atoms with Crippen molar-refractivity contribution in [3.05, 3.63) is 113 Å². The minimum Gasteiger partial charge on any atom is -0.423 e.